The van der Waals surface area contributed by atoms with Crippen LogP contribution in [0.1, 0.15) is 73.6 Å². The molecule has 14 heteroatoms. The van der Waals surface area contributed by atoms with Gasteiger partial charge in [-0.3, -0.25) is 4.79 Å². The zero-order chi connectivity index (χ0) is 32.1. The number of aliphatic hydroxyl groups is 5. The van der Waals surface area contributed by atoms with E-state index in [-0.39, 0.29) is 30.8 Å². The third-order valence-corrected chi connectivity index (χ3v) is 8.21. The predicted octanol–water partition coefficient (Wildman–Crippen LogP) is -0.0918. The van der Waals surface area contributed by atoms with Crippen molar-refractivity contribution in [2.75, 3.05) is 13.2 Å². The lowest BCUT2D eigenvalue weighted by atomic mass is 9.79. The van der Waals surface area contributed by atoms with Crippen LogP contribution in [0.2, 0.25) is 0 Å². The number of amides is 2. The molecule has 14 nitrogen and oxygen atoms in total. The predicted molar refractivity (Wildman–Crippen MR) is 151 cm³/mol. The largest absolute Gasteiger partial charge is 0.444 e. The Hall–Kier alpha value is -1.62. The van der Waals surface area contributed by atoms with Crippen molar-refractivity contribution in [1.82, 2.24) is 10.6 Å². The van der Waals surface area contributed by atoms with E-state index in [1.807, 2.05) is 20.8 Å². The topological polar surface area (TPSA) is 205 Å². The van der Waals surface area contributed by atoms with Gasteiger partial charge in [0, 0.05) is 12.3 Å². The van der Waals surface area contributed by atoms with Crippen LogP contribution in [-0.4, -0.2) is 124 Å². The Bertz CT molecular complexity index is 903. The summed E-state index contributed by atoms with van der Waals surface area (Å²) in [5.41, 5.74) is -0.760. The van der Waals surface area contributed by atoms with Crippen molar-refractivity contribution in [3.8, 4) is 0 Å². The number of carbonyl (C=O) groups is 2. The van der Waals surface area contributed by atoms with Crippen molar-refractivity contribution in [2.45, 2.75) is 147 Å². The first-order valence-corrected chi connectivity index (χ1v) is 15.4. The van der Waals surface area contributed by atoms with Crippen LogP contribution < -0.4 is 10.6 Å². The lowest BCUT2D eigenvalue weighted by molar-refractivity contribution is -0.316. The second kappa shape index (κ2) is 15.6. The lowest BCUT2D eigenvalue weighted by Gasteiger charge is -2.48. The third-order valence-electron chi connectivity index (χ3n) is 8.21. The van der Waals surface area contributed by atoms with Crippen molar-refractivity contribution in [3.63, 3.8) is 0 Å². The average molecular weight is 621 g/mol. The van der Waals surface area contributed by atoms with Crippen LogP contribution in [0, 0.1) is 11.8 Å². The van der Waals surface area contributed by atoms with E-state index in [1.165, 1.54) is 0 Å². The minimum Gasteiger partial charge on any atom is -0.444 e. The molecule has 3 rings (SSSR count). The summed E-state index contributed by atoms with van der Waals surface area (Å²) >= 11 is 0. The highest BCUT2D eigenvalue weighted by Crippen LogP contribution is 2.36. The highest BCUT2D eigenvalue weighted by atomic mass is 16.7. The van der Waals surface area contributed by atoms with E-state index in [9.17, 15) is 35.1 Å². The van der Waals surface area contributed by atoms with Gasteiger partial charge in [-0.05, 0) is 52.4 Å². The first-order chi connectivity index (χ1) is 20.1. The molecule has 1 aliphatic carbocycles. The summed E-state index contributed by atoms with van der Waals surface area (Å²) in [6.07, 6.45) is -8.18. The summed E-state index contributed by atoms with van der Waals surface area (Å²) in [5, 5.41) is 57.4. The molecule has 13 atom stereocenters. The standard InChI is InChI=1S/C29H52N2O12/c1-7-16-9-8-14(2)26(39-16)41-23-15(3)10-17(31-25(37)20(35)12-30-28(38)43-29(4,5)6)24(22(23)36)42-27-19(34)11-18(33)21(13-32)40-27/h14-24,26-27,32-36H,7-13H2,1-6H3,(H,30,38)(H,31,37). The van der Waals surface area contributed by atoms with Crippen LogP contribution >= 0.6 is 0 Å². The van der Waals surface area contributed by atoms with Crippen LogP contribution in [0.15, 0.2) is 0 Å². The first-order valence-electron chi connectivity index (χ1n) is 15.4. The van der Waals surface area contributed by atoms with Gasteiger partial charge in [0.15, 0.2) is 12.6 Å². The minimum atomic E-state index is -1.64. The van der Waals surface area contributed by atoms with Crippen LogP contribution in [0.3, 0.4) is 0 Å². The molecule has 2 amide bonds. The Morgan fingerprint density at radius 3 is 2.26 bits per heavy atom. The molecule has 13 unspecified atom stereocenters. The van der Waals surface area contributed by atoms with E-state index >= 15 is 0 Å². The number of ether oxygens (including phenoxy) is 5. The lowest BCUT2D eigenvalue weighted by Crippen LogP contribution is -2.64. The maximum atomic E-state index is 13.0. The molecule has 250 valence electrons. The number of rotatable bonds is 10. The van der Waals surface area contributed by atoms with E-state index in [0.29, 0.717) is 0 Å². The second-order valence-corrected chi connectivity index (χ2v) is 13.1. The minimum absolute atomic E-state index is 0.0414. The van der Waals surface area contributed by atoms with Gasteiger partial charge in [-0.2, -0.15) is 0 Å². The molecule has 1 saturated carbocycles. The summed E-state index contributed by atoms with van der Waals surface area (Å²) in [7, 11) is 0. The Morgan fingerprint density at radius 1 is 0.953 bits per heavy atom. The fourth-order valence-corrected chi connectivity index (χ4v) is 5.73. The van der Waals surface area contributed by atoms with Crippen LogP contribution in [0.4, 0.5) is 4.79 Å². The molecule has 7 N–H and O–H groups in total. The van der Waals surface area contributed by atoms with E-state index in [2.05, 4.69) is 10.6 Å². The zero-order valence-corrected chi connectivity index (χ0v) is 26.0. The van der Waals surface area contributed by atoms with Crippen molar-refractivity contribution in [1.29, 1.82) is 0 Å². The highest BCUT2D eigenvalue weighted by Gasteiger charge is 2.49. The maximum Gasteiger partial charge on any atom is 0.407 e. The Balaban J connectivity index is 1.75. The van der Waals surface area contributed by atoms with Gasteiger partial charge in [0.2, 0.25) is 0 Å². The van der Waals surface area contributed by atoms with Gasteiger partial charge in [0.05, 0.1) is 37.5 Å². The molecule has 0 spiro atoms. The smallest absolute Gasteiger partial charge is 0.407 e. The van der Waals surface area contributed by atoms with E-state index < -0.39 is 92.1 Å². The van der Waals surface area contributed by atoms with E-state index in [1.54, 1.807) is 20.8 Å². The molecule has 2 heterocycles. The monoisotopic (exact) mass is 620 g/mol. The van der Waals surface area contributed by atoms with Crippen LogP contribution in [-0.2, 0) is 28.5 Å². The summed E-state index contributed by atoms with van der Waals surface area (Å²) < 4.78 is 29.3. The zero-order valence-electron chi connectivity index (χ0n) is 26.0. The molecule has 0 aromatic heterocycles. The fourth-order valence-electron chi connectivity index (χ4n) is 5.73. The van der Waals surface area contributed by atoms with Gasteiger partial charge in [0.1, 0.15) is 36.1 Å². The quantitative estimate of drug-likeness (QED) is 0.171. The molecule has 2 saturated heterocycles. The second-order valence-electron chi connectivity index (χ2n) is 13.1. The number of hydrogen-bond acceptors (Lipinski definition) is 12. The number of alkyl carbamates (subject to hydrolysis) is 1. The molecule has 3 aliphatic rings. The van der Waals surface area contributed by atoms with Gasteiger partial charge >= 0.3 is 6.09 Å². The highest BCUT2D eigenvalue weighted by molar-refractivity contribution is 5.81. The van der Waals surface area contributed by atoms with Crippen molar-refractivity contribution < 1.29 is 58.8 Å². The Kier molecular flexibility index (Phi) is 13.0. The Labute approximate surface area is 253 Å². The number of hydrogen-bond donors (Lipinski definition) is 7. The number of nitrogens with one attached hydrogen (secondary N) is 2. The van der Waals surface area contributed by atoms with E-state index in [4.69, 9.17) is 23.7 Å². The van der Waals surface area contributed by atoms with Gasteiger partial charge in [-0.25, -0.2) is 4.79 Å². The van der Waals surface area contributed by atoms with Crippen molar-refractivity contribution >= 4 is 12.0 Å². The molecule has 0 aromatic rings. The molecule has 3 fully saturated rings. The summed E-state index contributed by atoms with van der Waals surface area (Å²) in [6.45, 7) is 10.0. The number of aliphatic hydroxyl groups excluding tert-OH is 5. The molecule has 0 radical (unpaired) electrons. The van der Waals surface area contributed by atoms with Crippen LogP contribution in [0.5, 0.6) is 0 Å². The van der Waals surface area contributed by atoms with Gasteiger partial charge in [-0.1, -0.05) is 20.8 Å². The molecule has 2 aliphatic heterocycles. The SMILES string of the molecule is CCC1CCC(C)C(OC2C(C)CC(NC(=O)C(O)CNC(=O)OC(C)(C)C)C(OC3OC(CO)C(O)CC3O)C2O)O1. The molecular formula is C29H52N2O12. The van der Waals surface area contributed by atoms with Gasteiger partial charge < -0.3 is 59.9 Å². The summed E-state index contributed by atoms with van der Waals surface area (Å²) in [4.78, 5) is 25.0. The van der Waals surface area contributed by atoms with Crippen LogP contribution in [0.25, 0.3) is 0 Å². The summed E-state index contributed by atoms with van der Waals surface area (Å²) in [6, 6.07) is -0.864. The molecule has 0 bridgehead atoms. The van der Waals surface area contributed by atoms with Crippen molar-refractivity contribution in [2.24, 2.45) is 11.8 Å². The molecular weight excluding hydrogens is 568 g/mol. The molecule has 43 heavy (non-hydrogen) atoms. The average Bonchev–Trinajstić information content (AvgIpc) is 2.92. The van der Waals surface area contributed by atoms with Crippen molar-refractivity contribution in [3.05, 3.63) is 0 Å². The number of carbonyl (C=O) groups excluding carboxylic acids is 2. The van der Waals surface area contributed by atoms with Gasteiger partial charge in [0.25, 0.3) is 5.91 Å². The normalized spacial score (nSPS) is 39.5. The summed E-state index contributed by atoms with van der Waals surface area (Å²) in [5.74, 6) is -1.03. The first kappa shape index (κ1) is 35.9. The van der Waals surface area contributed by atoms with E-state index in [0.717, 1.165) is 19.3 Å². The Morgan fingerprint density at radius 2 is 1.63 bits per heavy atom. The maximum absolute atomic E-state index is 13.0. The molecule has 0 aromatic carbocycles. The van der Waals surface area contributed by atoms with Gasteiger partial charge in [-0.15, -0.1) is 0 Å². The fraction of sp³-hybridized carbons (Fsp3) is 0.931. The third kappa shape index (κ3) is 9.93.